The van der Waals surface area contributed by atoms with Crippen LogP contribution in [0.3, 0.4) is 0 Å². The van der Waals surface area contributed by atoms with Gasteiger partial charge in [0.2, 0.25) is 0 Å². The highest BCUT2D eigenvalue weighted by atomic mass is 16.6. The lowest BCUT2D eigenvalue weighted by atomic mass is 9.47. The zero-order valence-electron chi connectivity index (χ0n) is 15.7. The van der Waals surface area contributed by atoms with Gasteiger partial charge in [-0.2, -0.15) is 0 Å². The number of esters is 1. The summed E-state index contributed by atoms with van der Waals surface area (Å²) in [4.78, 5) is 23.8. The smallest absolute Gasteiger partial charge is 0.306 e. The minimum Gasteiger partial charge on any atom is -0.458 e. The van der Waals surface area contributed by atoms with E-state index in [0.717, 1.165) is 31.3 Å². The quantitative estimate of drug-likeness (QED) is 0.676. The summed E-state index contributed by atoms with van der Waals surface area (Å²) in [6.45, 7) is 4.48. The van der Waals surface area contributed by atoms with E-state index in [1.807, 2.05) is 0 Å². The molecule has 26 heavy (non-hydrogen) atoms. The highest BCUT2D eigenvalue weighted by Gasteiger charge is 2.68. The van der Waals surface area contributed by atoms with Crippen molar-refractivity contribution >= 4 is 11.8 Å². The zero-order valence-corrected chi connectivity index (χ0v) is 15.7. The molecular weight excluding hydrogens is 328 g/mol. The number of ether oxygens (including phenoxy) is 1. The molecule has 0 aromatic rings. The third-order valence-electron chi connectivity index (χ3n) is 8.79. The summed E-state index contributed by atoms with van der Waals surface area (Å²) in [5.41, 5.74) is 0.425. The topological polar surface area (TPSA) is 63.6 Å². The van der Waals surface area contributed by atoms with Crippen LogP contribution in [0.1, 0.15) is 58.8 Å². The Labute approximate surface area is 154 Å². The fourth-order valence-electron chi connectivity index (χ4n) is 7.41. The molecule has 3 fully saturated rings. The number of rotatable bonds is 0. The number of carbonyl (C=O) groups excluding carboxylic acids is 2. The Morgan fingerprint density at radius 3 is 2.69 bits per heavy atom. The highest BCUT2D eigenvalue weighted by Crippen LogP contribution is 2.68. The van der Waals surface area contributed by atoms with Gasteiger partial charge in [-0.25, -0.2) is 0 Å². The Bertz CT molecular complexity index is 751. The number of ketones is 1. The van der Waals surface area contributed by atoms with Gasteiger partial charge in [0, 0.05) is 24.2 Å². The van der Waals surface area contributed by atoms with Crippen LogP contribution in [0.25, 0.3) is 0 Å². The van der Waals surface area contributed by atoms with E-state index in [-0.39, 0.29) is 40.0 Å². The van der Waals surface area contributed by atoms with Crippen LogP contribution < -0.4 is 0 Å². The lowest BCUT2D eigenvalue weighted by molar-refractivity contribution is -0.177. The van der Waals surface area contributed by atoms with Crippen molar-refractivity contribution in [3.05, 3.63) is 23.8 Å². The van der Waals surface area contributed by atoms with E-state index in [2.05, 4.69) is 26.0 Å². The molecule has 7 atom stereocenters. The van der Waals surface area contributed by atoms with Crippen LogP contribution in [0.2, 0.25) is 0 Å². The summed E-state index contributed by atoms with van der Waals surface area (Å²) < 4.78 is 5.93. The molecule has 1 spiro atoms. The first-order chi connectivity index (χ1) is 12.3. The standard InChI is InChI=1S/C22H28O4/c1-20-8-5-14(23)11-13(20)3-4-15-16-6-9-22(10-7-18(25)26-22)21(16,2)12-17(24)19(15)20/h3-4,11,15-17,19,24H,5-10,12H2,1-2H3/t15?,16?,17?,19?,20-,21-,22-/m0/s1. The molecule has 4 unspecified atom stereocenters. The van der Waals surface area contributed by atoms with Gasteiger partial charge in [0.05, 0.1) is 6.10 Å². The third-order valence-corrected chi connectivity index (χ3v) is 8.79. The van der Waals surface area contributed by atoms with Gasteiger partial charge >= 0.3 is 5.97 Å². The maximum Gasteiger partial charge on any atom is 0.306 e. The predicted molar refractivity (Wildman–Crippen MR) is 96.1 cm³/mol. The number of allylic oxidation sites excluding steroid dienone is 4. The monoisotopic (exact) mass is 356 g/mol. The van der Waals surface area contributed by atoms with E-state index in [1.54, 1.807) is 6.08 Å². The summed E-state index contributed by atoms with van der Waals surface area (Å²) >= 11 is 0. The van der Waals surface area contributed by atoms with E-state index < -0.39 is 6.10 Å². The van der Waals surface area contributed by atoms with Crippen LogP contribution in [0.4, 0.5) is 0 Å². The second-order valence-corrected chi connectivity index (χ2v) is 9.75. The minimum atomic E-state index is -0.429. The molecule has 5 rings (SSSR count). The van der Waals surface area contributed by atoms with Crippen LogP contribution in [-0.4, -0.2) is 28.6 Å². The first-order valence-electron chi connectivity index (χ1n) is 10.1. The lowest BCUT2D eigenvalue weighted by Gasteiger charge is -2.58. The van der Waals surface area contributed by atoms with Crippen LogP contribution in [0.15, 0.2) is 23.8 Å². The van der Waals surface area contributed by atoms with Crippen molar-refractivity contribution in [2.45, 2.75) is 70.5 Å². The van der Waals surface area contributed by atoms with E-state index in [0.29, 0.717) is 25.2 Å². The van der Waals surface area contributed by atoms with E-state index in [4.69, 9.17) is 4.74 Å². The van der Waals surface area contributed by atoms with E-state index >= 15 is 0 Å². The van der Waals surface area contributed by atoms with Gasteiger partial charge in [0.1, 0.15) is 5.60 Å². The molecule has 0 radical (unpaired) electrons. The van der Waals surface area contributed by atoms with Gasteiger partial charge in [-0.05, 0) is 61.0 Å². The molecular formula is C22H28O4. The maximum atomic E-state index is 11.9. The van der Waals surface area contributed by atoms with Crippen molar-refractivity contribution in [3.8, 4) is 0 Å². The molecule has 4 aliphatic carbocycles. The van der Waals surface area contributed by atoms with Crippen LogP contribution >= 0.6 is 0 Å². The Balaban J connectivity index is 1.58. The summed E-state index contributed by atoms with van der Waals surface area (Å²) in [6.07, 6.45) is 11.1. The molecule has 1 N–H and O–H groups in total. The Morgan fingerprint density at radius 1 is 1.15 bits per heavy atom. The Kier molecular flexibility index (Phi) is 3.28. The van der Waals surface area contributed by atoms with Gasteiger partial charge in [-0.15, -0.1) is 0 Å². The molecule has 1 heterocycles. The van der Waals surface area contributed by atoms with Gasteiger partial charge in [0.15, 0.2) is 5.78 Å². The van der Waals surface area contributed by atoms with Crippen molar-refractivity contribution in [1.29, 1.82) is 0 Å². The summed E-state index contributed by atoms with van der Waals surface area (Å²) in [5.74, 6) is 0.989. The van der Waals surface area contributed by atoms with Crippen LogP contribution in [0, 0.1) is 28.6 Å². The molecule has 1 aliphatic heterocycles. The fourth-order valence-corrected chi connectivity index (χ4v) is 7.41. The normalized spacial score (nSPS) is 52.3. The second kappa shape index (κ2) is 5.09. The van der Waals surface area contributed by atoms with Crippen molar-refractivity contribution in [1.82, 2.24) is 0 Å². The van der Waals surface area contributed by atoms with E-state index in [9.17, 15) is 14.7 Å². The van der Waals surface area contributed by atoms with Crippen molar-refractivity contribution < 1.29 is 19.4 Å². The number of aliphatic hydroxyl groups is 1. The minimum absolute atomic E-state index is 0.0781. The molecule has 4 nitrogen and oxygen atoms in total. The average molecular weight is 356 g/mol. The first kappa shape index (κ1) is 16.7. The number of hydrogen-bond acceptors (Lipinski definition) is 4. The average Bonchev–Trinajstić information content (AvgIpc) is 3.09. The van der Waals surface area contributed by atoms with Gasteiger partial charge in [-0.3, -0.25) is 9.59 Å². The lowest BCUT2D eigenvalue weighted by Crippen LogP contribution is -2.58. The molecule has 0 aromatic heterocycles. The summed E-state index contributed by atoms with van der Waals surface area (Å²) in [7, 11) is 0. The Morgan fingerprint density at radius 2 is 1.96 bits per heavy atom. The molecule has 0 amide bonds. The molecule has 140 valence electrons. The van der Waals surface area contributed by atoms with Crippen molar-refractivity contribution in [2.75, 3.05) is 0 Å². The Hall–Kier alpha value is -1.42. The number of hydrogen-bond donors (Lipinski definition) is 1. The van der Waals surface area contributed by atoms with Crippen LogP contribution in [-0.2, 0) is 14.3 Å². The SMILES string of the molecule is C[C@]12CCC(=O)C=C1C=CC1C2C(O)C[C@@]2(C)C1CC[C@]21CCC(=O)O1. The fraction of sp³-hybridized carbons (Fsp3) is 0.727. The molecule has 2 saturated carbocycles. The highest BCUT2D eigenvalue weighted by molar-refractivity contribution is 5.92. The van der Waals surface area contributed by atoms with Gasteiger partial charge < -0.3 is 9.84 Å². The molecule has 0 aromatic carbocycles. The summed E-state index contributed by atoms with van der Waals surface area (Å²) in [5, 5.41) is 11.3. The van der Waals surface area contributed by atoms with Gasteiger partial charge in [0.25, 0.3) is 0 Å². The maximum absolute atomic E-state index is 11.9. The van der Waals surface area contributed by atoms with Gasteiger partial charge in [-0.1, -0.05) is 26.0 Å². The second-order valence-electron chi connectivity index (χ2n) is 9.75. The third kappa shape index (κ3) is 1.89. The van der Waals surface area contributed by atoms with Crippen molar-refractivity contribution in [2.24, 2.45) is 28.6 Å². The molecule has 0 bridgehead atoms. The first-order valence-corrected chi connectivity index (χ1v) is 10.1. The summed E-state index contributed by atoms with van der Waals surface area (Å²) in [6, 6.07) is 0. The predicted octanol–water partition coefficient (Wildman–Crippen LogP) is 3.34. The molecule has 4 heteroatoms. The van der Waals surface area contributed by atoms with Crippen molar-refractivity contribution in [3.63, 3.8) is 0 Å². The molecule has 1 saturated heterocycles. The largest absolute Gasteiger partial charge is 0.458 e. The van der Waals surface area contributed by atoms with E-state index in [1.165, 1.54) is 0 Å². The number of aliphatic hydroxyl groups excluding tert-OH is 1. The number of carbonyl (C=O) groups is 2. The van der Waals surface area contributed by atoms with Crippen LogP contribution in [0.5, 0.6) is 0 Å². The molecule has 5 aliphatic rings. The zero-order chi connectivity index (χ0) is 18.3. The number of fused-ring (bicyclic) bond motifs is 6.